The van der Waals surface area contributed by atoms with Crippen LogP contribution in [0.2, 0.25) is 0 Å². The average Bonchev–Trinajstić information content (AvgIpc) is 2.50. The number of nitrogens with one attached hydrogen (secondary N) is 1. The zero-order valence-electron chi connectivity index (χ0n) is 11.1. The van der Waals surface area contributed by atoms with Crippen molar-refractivity contribution < 1.29 is 4.79 Å². The summed E-state index contributed by atoms with van der Waals surface area (Å²) in [4.78, 5) is 16.5. The van der Waals surface area contributed by atoms with E-state index in [0.29, 0.717) is 19.1 Å². The van der Waals surface area contributed by atoms with E-state index < -0.39 is 0 Å². The third-order valence-electron chi connectivity index (χ3n) is 3.26. The molecule has 0 aromatic heterocycles. The van der Waals surface area contributed by atoms with Crippen molar-refractivity contribution in [1.29, 1.82) is 0 Å². The lowest BCUT2D eigenvalue weighted by atomic mass is 10.2. The first-order chi connectivity index (χ1) is 8.19. The first-order valence-corrected chi connectivity index (χ1v) is 6.48. The van der Waals surface area contributed by atoms with Gasteiger partial charge in [-0.3, -0.25) is 4.79 Å². The molecule has 0 aromatic carbocycles. The second-order valence-electron chi connectivity index (χ2n) is 4.68. The Labute approximate surface area is 105 Å². The maximum absolute atomic E-state index is 12.1. The molecule has 17 heavy (non-hydrogen) atoms. The molecule has 0 aromatic rings. The Morgan fingerprint density at radius 2 is 2.29 bits per heavy atom. The molecule has 1 unspecified atom stereocenters. The van der Waals surface area contributed by atoms with Crippen LogP contribution in [0.1, 0.15) is 19.8 Å². The molecule has 4 nitrogen and oxygen atoms in total. The van der Waals surface area contributed by atoms with Gasteiger partial charge in [-0.25, -0.2) is 0 Å². The Morgan fingerprint density at radius 3 is 2.94 bits per heavy atom. The normalized spacial score (nSPS) is 22.2. The Balaban J connectivity index is 2.52. The lowest BCUT2D eigenvalue weighted by Crippen LogP contribution is -2.46. The summed E-state index contributed by atoms with van der Waals surface area (Å²) >= 11 is 0. The van der Waals surface area contributed by atoms with Crippen molar-refractivity contribution in [3.8, 4) is 0 Å². The summed E-state index contributed by atoms with van der Waals surface area (Å²) in [6, 6.07) is 0.362. The van der Waals surface area contributed by atoms with Crippen molar-refractivity contribution in [2.75, 3.05) is 39.8 Å². The van der Waals surface area contributed by atoms with Gasteiger partial charge in [0, 0.05) is 25.7 Å². The van der Waals surface area contributed by atoms with E-state index >= 15 is 0 Å². The highest BCUT2D eigenvalue weighted by Crippen LogP contribution is 2.11. The van der Waals surface area contributed by atoms with Crippen LogP contribution in [0.5, 0.6) is 0 Å². The predicted molar refractivity (Wildman–Crippen MR) is 71.0 cm³/mol. The zero-order chi connectivity index (χ0) is 12.7. The third kappa shape index (κ3) is 4.48. The third-order valence-corrected chi connectivity index (χ3v) is 3.26. The van der Waals surface area contributed by atoms with Gasteiger partial charge in [0.25, 0.3) is 0 Å². The van der Waals surface area contributed by atoms with Crippen LogP contribution in [0.4, 0.5) is 0 Å². The number of hydrogen-bond donors (Lipinski definition) is 1. The fraction of sp³-hybridized carbons (Fsp3) is 0.769. The lowest BCUT2D eigenvalue weighted by molar-refractivity contribution is -0.132. The SMILES string of the molecule is C=CCNCC(=O)N1CCCN(C)CC1CC. The number of carbonyl (C=O) groups excluding carboxylic acids is 1. The highest BCUT2D eigenvalue weighted by molar-refractivity contribution is 5.78. The molecule has 1 heterocycles. The van der Waals surface area contributed by atoms with Crippen molar-refractivity contribution in [2.24, 2.45) is 0 Å². The van der Waals surface area contributed by atoms with E-state index in [-0.39, 0.29) is 5.91 Å². The standard InChI is InChI=1S/C13H25N3O/c1-4-7-14-10-13(17)16-9-6-8-15(3)11-12(16)5-2/h4,12,14H,1,5-11H2,2-3H3. The number of hydrogen-bond acceptors (Lipinski definition) is 3. The van der Waals surface area contributed by atoms with Crippen molar-refractivity contribution in [3.63, 3.8) is 0 Å². The van der Waals surface area contributed by atoms with Gasteiger partial charge < -0.3 is 15.1 Å². The molecule has 1 saturated heterocycles. The molecule has 1 fully saturated rings. The first kappa shape index (κ1) is 14.2. The van der Waals surface area contributed by atoms with Crippen molar-refractivity contribution >= 4 is 5.91 Å². The molecule has 0 radical (unpaired) electrons. The van der Waals surface area contributed by atoms with Crippen LogP contribution < -0.4 is 5.32 Å². The molecule has 1 aliphatic heterocycles. The molecule has 1 rings (SSSR count). The monoisotopic (exact) mass is 239 g/mol. The van der Waals surface area contributed by atoms with Gasteiger partial charge >= 0.3 is 0 Å². The van der Waals surface area contributed by atoms with Gasteiger partial charge in [-0.1, -0.05) is 13.0 Å². The summed E-state index contributed by atoms with van der Waals surface area (Å²) in [6.45, 7) is 9.86. The van der Waals surface area contributed by atoms with Crippen LogP contribution in [-0.2, 0) is 4.79 Å². The van der Waals surface area contributed by atoms with Gasteiger partial charge in [0.2, 0.25) is 5.91 Å². The molecule has 1 N–H and O–H groups in total. The number of rotatable bonds is 5. The second-order valence-corrected chi connectivity index (χ2v) is 4.68. The fourth-order valence-corrected chi connectivity index (χ4v) is 2.30. The van der Waals surface area contributed by atoms with Crippen molar-refractivity contribution in [3.05, 3.63) is 12.7 Å². The Morgan fingerprint density at radius 1 is 1.53 bits per heavy atom. The molecule has 4 heteroatoms. The van der Waals surface area contributed by atoms with Crippen LogP contribution >= 0.6 is 0 Å². The highest BCUT2D eigenvalue weighted by Gasteiger charge is 2.25. The highest BCUT2D eigenvalue weighted by atomic mass is 16.2. The summed E-state index contributed by atoms with van der Waals surface area (Å²) in [5, 5.41) is 3.09. The number of likely N-dealkylation sites (N-methyl/N-ethyl adjacent to an activating group) is 1. The minimum absolute atomic E-state index is 0.217. The molecule has 1 amide bonds. The Bertz CT molecular complexity index is 255. The largest absolute Gasteiger partial charge is 0.337 e. The van der Waals surface area contributed by atoms with Crippen LogP contribution in [0.3, 0.4) is 0 Å². The fourth-order valence-electron chi connectivity index (χ4n) is 2.30. The van der Waals surface area contributed by atoms with Crippen molar-refractivity contribution in [2.45, 2.75) is 25.8 Å². The smallest absolute Gasteiger partial charge is 0.236 e. The van der Waals surface area contributed by atoms with Gasteiger partial charge in [-0.15, -0.1) is 6.58 Å². The average molecular weight is 239 g/mol. The summed E-state index contributed by atoms with van der Waals surface area (Å²) in [5.74, 6) is 0.217. The molecule has 98 valence electrons. The maximum atomic E-state index is 12.1. The maximum Gasteiger partial charge on any atom is 0.236 e. The topological polar surface area (TPSA) is 35.6 Å². The van der Waals surface area contributed by atoms with Gasteiger partial charge in [-0.05, 0) is 26.4 Å². The van der Waals surface area contributed by atoms with Gasteiger partial charge in [0.1, 0.15) is 0 Å². The van der Waals surface area contributed by atoms with Crippen LogP contribution in [0.25, 0.3) is 0 Å². The predicted octanol–water partition coefficient (Wildman–Crippen LogP) is 0.705. The Hall–Kier alpha value is -0.870. The quantitative estimate of drug-likeness (QED) is 0.567. The lowest BCUT2D eigenvalue weighted by Gasteiger charge is -2.30. The summed E-state index contributed by atoms with van der Waals surface area (Å²) in [7, 11) is 2.13. The number of amides is 1. The molecule has 0 spiro atoms. The number of nitrogens with zero attached hydrogens (tertiary/aromatic N) is 2. The molecule has 0 saturated carbocycles. The first-order valence-electron chi connectivity index (χ1n) is 6.48. The van der Waals surface area contributed by atoms with E-state index in [1.165, 1.54) is 0 Å². The summed E-state index contributed by atoms with van der Waals surface area (Å²) < 4.78 is 0. The van der Waals surface area contributed by atoms with E-state index in [1.54, 1.807) is 6.08 Å². The van der Waals surface area contributed by atoms with Crippen molar-refractivity contribution in [1.82, 2.24) is 15.1 Å². The van der Waals surface area contributed by atoms with Crippen LogP contribution in [-0.4, -0.2) is 61.5 Å². The van der Waals surface area contributed by atoms with Crippen LogP contribution in [0, 0.1) is 0 Å². The zero-order valence-corrected chi connectivity index (χ0v) is 11.1. The van der Waals surface area contributed by atoms with E-state index in [2.05, 4.69) is 30.8 Å². The molecular formula is C13H25N3O. The van der Waals surface area contributed by atoms with Gasteiger partial charge in [0.15, 0.2) is 0 Å². The molecule has 0 bridgehead atoms. The molecule has 1 aliphatic rings. The number of carbonyl (C=O) groups is 1. The minimum Gasteiger partial charge on any atom is -0.337 e. The Kier molecular flexibility index (Phi) is 6.22. The minimum atomic E-state index is 0.217. The van der Waals surface area contributed by atoms with E-state index in [1.807, 2.05) is 4.90 Å². The molecular weight excluding hydrogens is 214 g/mol. The van der Waals surface area contributed by atoms with E-state index in [0.717, 1.165) is 32.5 Å². The molecule has 0 aliphatic carbocycles. The summed E-state index contributed by atoms with van der Waals surface area (Å²) in [5.41, 5.74) is 0. The molecule has 1 atom stereocenters. The second kappa shape index (κ2) is 7.45. The van der Waals surface area contributed by atoms with Crippen LogP contribution in [0.15, 0.2) is 12.7 Å². The summed E-state index contributed by atoms with van der Waals surface area (Å²) in [6.07, 6.45) is 3.87. The van der Waals surface area contributed by atoms with Gasteiger partial charge in [0.05, 0.1) is 6.54 Å². The van der Waals surface area contributed by atoms with E-state index in [4.69, 9.17) is 0 Å². The van der Waals surface area contributed by atoms with E-state index in [9.17, 15) is 4.79 Å². The van der Waals surface area contributed by atoms with Gasteiger partial charge in [-0.2, -0.15) is 0 Å².